The summed E-state index contributed by atoms with van der Waals surface area (Å²) in [6.45, 7) is 3.15. The lowest BCUT2D eigenvalue weighted by atomic mass is 9.35. The Morgan fingerprint density at radius 2 is 0.909 bits per heavy atom. The number of benzene rings is 5. The van der Waals surface area contributed by atoms with Crippen LogP contribution in [0.4, 0.5) is 11.4 Å². The number of aromatic nitrogens is 2. The first-order valence-electron chi connectivity index (χ1n) is 18.7. The van der Waals surface area contributed by atoms with E-state index in [1.165, 1.54) is 0 Å². The van der Waals surface area contributed by atoms with Gasteiger partial charge in [0.1, 0.15) is 34.7 Å². The highest BCUT2D eigenvalue weighted by Crippen LogP contribution is 2.37. The van der Waals surface area contributed by atoms with Crippen LogP contribution in [0.1, 0.15) is 11.1 Å². The van der Waals surface area contributed by atoms with Gasteiger partial charge in [-0.2, -0.15) is 0 Å². The van der Waals surface area contributed by atoms with Crippen LogP contribution in [0.25, 0.3) is 22.3 Å². The number of para-hydroxylation sites is 2. The lowest BCUT2D eigenvalue weighted by molar-refractivity contribution is 0.464. The molecule has 11 rings (SSSR count). The van der Waals surface area contributed by atoms with E-state index < -0.39 is 0 Å². The Morgan fingerprint density at radius 1 is 0.436 bits per heavy atom. The van der Waals surface area contributed by atoms with Crippen LogP contribution in [0.5, 0.6) is 23.0 Å². The number of ether oxygens (including phenoxy) is 2. The number of anilines is 2. The normalized spacial score (nSPS) is 15.0. The maximum absolute atomic E-state index is 6.65. The van der Waals surface area contributed by atoms with Gasteiger partial charge < -0.3 is 19.3 Å². The van der Waals surface area contributed by atoms with Crippen molar-refractivity contribution in [2.45, 2.75) is 0 Å². The van der Waals surface area contributed by atoms with Gasteiger partial charge in [0, 0.05) is 77.0 Å². The van der Waals surface area contributed by atoms with Gasteiger partial charge in [0.2, 0.25) is 0 Å². The predicted octanol–water partition coefficient (Wildman–Crippen LogP) is 7.07. The number of amidine groups is 2. The Hall–Kier alpha value is -7.00. The molecule has 0 amide bonds. The maximum Gasteiger partial charge on any atom is 0.260 e. The zero-order valence-electron chi connectivity index (χ0n) is 29.8. The van der Waals surface area contributed by atoms with E-state index >= 15 is 0 Å². The van der Waals surface area contributed by atoms with Crippen molar-refractivity contribution < 1.29 is 9.47 Å². The molecule has 0 atom stereocenters. The monoisotopic (exact) mass is 712 g/mol. The molecule has 2 aromatic heterocycles. The zero-order chi connectivity index (χ0) is 36.3. The van der Waals surface area contributed by atoms with Gasteiger partial charge in [0.05, 0.1) is 13.1 Å². The quantitative estimate of drug-likeness (QED) is 0.172. The third-order valence-electron chi connectivity index (χ3n) is 10.9. The lowest BCUT2D eigenvalue weighted by Crippen LogP contribution is -2.57. The first-order valence-corrected chi connectivity index (χ1v) is 18.7. The number of hydrogen-bond acceptors (Lipinski definition) is 8. The van der Waals surface area contributed by atoms with Crippen molar-refractivity contribution in [3.05, 3.63) is 163 Å². The molecule has 9 heteroatoms. The summed E-state index contributed by atoms with van der Waals surface area (Å²) in [6, 6.07) is 44.3. The summed E-state index contributed by atoms with van der Waals surface area (Å²) < 4.78 is 13.3. The van der Waals surface area contributed by atoms with Crippen LogP contribution in [0, 0.1) is 0 Å². The molecule has 6 heterocycles. The van der Waals surface area contributed by atoms with Crippen LogP contribution in [0.15, 0.2) is 162 Å². The van der Waals surface area contributed by atoms with Crippen LogP contribution in [-0.2, 0) is 0 Å². The molecule has 0 bridgehead atoms. The molecule has 5 aromatic carbocycles. The third-order valence-corrected chi connectivity index (χ3v) is 10.9. The molecule has 0 spiro atoms. The van der Waals surface area contributed by atoms with Gasteiger partial charge in [0.15, 0.2) is 0 Å². The zero-order valence-corrected chi connectivity index (χ0v) is 29.8. The predicted molar refractivity (Wildman–Crippen MR) is 221 cm³/mol. The molecule has 8 nitrogen and oxygen atoms in total. The van der Waals surface area contributed by atoms with Gasteiger partial charge in [-0.05, 0) is 82.7 Å². The van der Waals surface area contributed by atoms with Crippen LogP contribution in [0.2, 0.25) is 0 Å². The fourth-order valence-corrected chi connectivity index (χ4v) is 8.33. The van der Waals surface area contributed by atoms with E-state index in [9.17, 15) is 0 Å². The fraction of sp³-hybridized carbons (Fsp3) is 0.0870. The number of hydrogen-bond donors (Lipinski definition) is 0. The van der Waals surface area contributed by atoms with E-state index in [1.54, 1.807) is 0 Å². The van der Waals surface area contributed by atoms with Gasteiger partial charge in [-0.1, -0.05) is 66.7 Å². The third kappa shape index (κ3) is 5.38. The standard InChI is InChI=1S/C46H33BN6O2/c1-3-8-36(9-4-1)52-20-18-50-45(52)34-22-32(26-48-28-34)30-14-16-38-42(24-30)54-40-12-7-13-41-44(40)47(38)39-17-15-31(25-43(39)55-41)33-23-35(29-49-27-33)46-51-19-21-53(46)37-10-5-2-6-11-37/h1-17,22-29H,18-21H2. The average Bonchev–Trinajstić information content (AvgIpc) is 3.96. The van der Waals surface area contributed by atoms with Gasteiger partial charge in [0.25, 0.3) is 6.71 Å². The topological polar surface area (TPSA) is 75.4 Å². The summed E-state index contributed by atoms with van der Waals surface area (Å²) in [5.74, 6) is 5.16. The van der Waals surface area contributed by atoms with Crippen LogP contribution in [0.3, 0.4) is 0 Å². The highest BCUT2D eigenvalue weighted by molar-refractivity contribution is 6.98. The van der Waals surface area contributed by atoms with E-state index in [0.29, 0.717) is 0 Å². The second kappa shape index (κ2) is 12.8. The van der Waals surface area contributed by atoms with Gasteiger partial charge >= 0.3 is 0 Å². The molecule has 0 aliphatic carbocycles. The summed E-state index contributed by atoms with van der Waals surface area (Å²) in [6.07, 6.45) is 7.63. The second-order valence-corrected chi connectivity index (χ2v) is 14.1. The first-order chi connectivity index (χ1) is 27.2. The Labute approximate surface area is 319 Å². The molecule has 262 valence electrons. The molecule has 0 unspecified atom stereocenters. The van der Waals surface area contributed by atoms with Gasteiger partial charge in [-0.3, -0.25) is 20.0 Å². The number of fused-ring (bicyclic) bond motifs is 4. The van der Waals surface area contributed by atoms with Crippen LogP contribution < -0.4 is 35.7 Å². The maximum atomic E-state index is 6.65. The molecule has 7 aromatic rings. The van der Waals surface area contributed by atoms with E-state index in [0.717, 1.165) is 122 Å². The highest BCUT2D eigenvalue weighted by Gasteiger charge is 2.40. The van der Waals surface area contributed by atoms with Crippen LogP contribution >= 0.6 is 0 Å². The minimum atomic E-state index is -0.0460. The molecule has 4 aliphatic heterocycles. The summed E-state index contributed by atoms with van der Waals surface area (Å²) >= 11 is 0. The Balaban J connectivity index is 0.927. The lowest BCUT2D eigenvalue weighted by Gasteiger charge is -2.33. The molecule has 0 saturated heterocycles. The SMILES string of the molecule is c1ccc(N2CCN=C2c2cncc(-c3ccc4c(c3)Oc3cccc5c3B4c3ccc(-c4cncc(C6=NCCN6c6ccccc6)c4)cc3O5)c2)cc1. The van der Waals surface area contributed by atoms with Crippen LogP contribution in [-0.4, -0.2) is 54.5 Å². The molecular weight excluding hydrogens is 679 g/mol. The van der Waals surface area contributed by atoms with Crippen molar-refractivity contribution in [3.8, 4) is 45.3 Å². The van der Waals surface area contributed by atoms with Crippen molar-refractivity contribution >= 4 is 46.1 Å². The summed E-state index contributed by atoms with van der Waals surface area (Å²) in [7, 11) is 0. The summed E-state index contributed by atoms with van der Waals surface area (Å²) in [4.78, 5) is 23.6. The molecule has 0 N–H and O–H groups in total. The molecule has 0 radical (unpaired) electrons. The molecular formula is C46H33BN6O2. The van der Waals surface area contributed by atoms with Crippen molar-refractivity contribution in [1.29, 1.82) is 0 Å². The highest BCUT2D eigenvalue weighted by atomic mass is 16.5. The largest absolute Gasteiger partial charge is 0.458 e. The van der Waals surface area contributed by atoms with Gasteiger partial charge in [-0.15, -0.1) is 0 Å². The molecule has 55 heavy (non-hydrogen) atoms. The summed E-state index contributed by atoms with van der Waals surface area (Å²) in [5.41, 5.74) is 11.6. The Kier molecular flexibility index (Phi) is 7.36. The Bertz CT molecular complexity index is 2520. The van der Waals surface area contributed by atoms with Gasteiger partial charge in [-0.25, -0.2) is 0 Å². The molecule has 4 aliphatic rings. The molecule has 0 saturated carbocycles. The van der Waals surface area contributed by atoms with Crippen molar-refractivity contribution in [1.82, 2.24) is 9.97 Å². The fourth-order valence-electron chi connectivity index (χ4n) is 8.33. The molecule has 0 fully saturated rings. The summed E-state index contributed by atoms with van der Waals surface area (Å²) in [5, 5.41) is 0. The minimum absolute atomic E-state index is 0.0460. The van der Waals surface area contributed by atoms with Crippen molar-refractivity contribution in [2.75, 3.05) is 36.0 Å². The van der Waals surface area contributed by atoms with E-state index in [2.05, 4.69) is 117 Å². The second-order valence-electron chi connectivity index (χ2n) is 14.1. The van der Waals surface area contributed by atoms with Crippen molar-refractivity contribution in [3.63, 3.8) is 0 Å². The number of aliphatic imine (C=N–C) groups is 2. The first kappa shape index (κ1) is 31.5. The smallest absolute Gasteiger partial charge is 0.260 e. The average molecular weight is 713 g/mol. The van der Waals surface area contributed by atoms with E-state index in [4.69, 9.17) is 19.5 Å². The van der Waals surface area contributed by atoms with E-state index in [1.807, 2.05) is 55.1 Å². The van der Waals surface area contributed by atoms with E-state index in [-0.39, 0.29) is 6.71 Å². The minimum Gasteiger partial charge on any atom is -0.458 e. The van der Waals surface area contributed by atoms with Crippen molar-refractivity contribution in [2.24, 2.45) is 9.98 Å². The number of rotatable bonds is 6. The number of pyridine rings is 2. The Morgan fingerprint density at radius 3 is 1.40 bits per heavy atom. The number of nitrogens with zero attached hydrogens (tertiary/aromatic N) is 6.